The first-order valence-electron chi connectivity index (χ1n) is 7.89. The minimum Gasteiger partial charge on any atom is -0.467 e. The van der Waals surface area contributed by atoms with Crippen LogP contribution in [0.15, 0.2) is 59.6 Å². The van der Waals surface area contributed by atoms with Gasteiger partial charge in [0.05, 0.1) is 36.2 Å². The maximum absolute atomic E-state index is 12.4. The molecular formula is C18H15N5O3. The summed E-state index contributed by atoms with van der Waals surface area (Å²) in [6.07, 6.45) is 6.59. The zero-order valence-corrected chi connectivity index (χ0v) is 13.9. The lowest BCUT2D eigenvalue weighted by molar-refractivity contribution is 0.0539. The molecule has 0 fully saturated rings. The molecule has 4 heterocycles. The van der Waals surface area contributed by atoms with Gasteiger partial charge in [-0.15, -0.1) is 0 Å². The molecule has 0 saturated carbocycles. The second-order valence-electron chi connectivity index (χ2n) is 5.55. The van der Waals surface area contributed by atoms with Gasteiger partial charge in [0.2, 0.25) is 0 Å². The number of fused-ring (bicyclic) bond motifs is 1. The Balaban J connectivity index is 1.88. The van der Waals surface area contributed by atoms with Gasteiger partial charge in [-0.2, -0.15) is 5.10 Å². The molecule has 0 bridgehead atoms. The first kappa shape index (κ1) is 16.0. The fraction of sp³-hybridized carbons (Fsp3) is 0.111. The van der Waals surface area contributed by atoms with Crippen LogP contribution in [-0.2, 0) is 11.4 Å². The third-order valence-corrected chi connectivity index (χ3v) is 3.89. The highest BCUT2D eigenvalue weighted by atomic mass is 16.6. The number of carbonyl (C=O) groups excluding carboxylic acids is 1. The molecule has 8 nitrogen and oxygen atoms in total. The predicted octanol–water partition coefficient (Wildman–Crippen LogP) is 2.43. The normalized spacial score (nSPS) is 11.0. The number of rotatable bonds is 5. The van der Waals surface area contributed by atoms with Crippen LogP contribution in [0.4, 0.5) is 0 Å². The summed E-state index contributed by atoms with van der Waals surface area (Å²) >= 11 is 0. The van der Waals surface area contributed by atoms with Crippen molar-refractivity contribution in [2.75, 3.05) is 7.11 Å². The van der Waals surface area contributed by atoms with Crippen molar-refractivity contribution >= 4 is 16.9 Å². The van der Waals surface area contributed by atoms with Crippen molar-refractivity contribution in [3.63, 3.8) is 0 Å². The molecule has 8 heteroatoms. The third-order valence-electron chi connectivity index (χ3n) is 3.89. The standard InChI is InChI=1S/C18H15N5O3/c1-25-22-18(24)14-8-16(12-4-2-6-19-9-12)21-17-15(14)10-20-23(17)11-13-5-3-7-26-13/h2-10H,11H2,1H3,(H,22,24). The van der Waals surface area contributed by atoms with Crippen molar-refractivity contribution in [3.05, 3.63) is 66.5 Å². The van der Waals surface area contributed by atoms with Gasteiger partial charge in [-0.3, -0.25) is 14.6 Å². The lowest BCUT2D eigenvalue weighted by Gasteiger charge is -2.08. The smallest absolute Gasteiger partial charge is 0.275 e. The lowest BCUT2D eigenvalue weighted by Crippen LogP contribution is -2.22. The van der Waals surface area contributed by atoms with Crippen molar-refractivity contribution in [2.45, 2.75) is 6.54 Å². The Hall–Kier alpha value is -3.52. The molecule has 0 unspecified atom stereocenters. The van der Waals surface area contributed by atoms with Gasteiger partial charge in [0.15, 0.2) is 5.65 Å². The van der Waals surface area contributed by atoms with Crippen LogP contribution < -0.4 is 5.48 Å². The molecular weight excluding hydrogens is 334 g/mol. The van der Waals surface area contributed by atoms with Crippen LogP contribution in [0, 0.1) is 0 Å². The lowest BCUT2D eigenvalue weighted by atomic mass is 10.1. The van der Waals surface area contributed by atoms with Gasteiger partial charge >= 0.3 is 0 Å². The number of furan rings is 1. The van der Waals surface area contributed by atoms with Crippen LogP contribution in [0.2, 0.25) is 0 Å². The number of nitrogens with zero attached hydrogens (tertiary/aromatic N) is 4. The topological polar surface area (TPSA) is 95.1 Å². The Kier molecular flexibility index (Phi) is 4.16. The van der Waals surface area contributed by atoms with E-state index in [0.717, 1.165) is 11.3 Å². The molecule has 0 aromatic carbocycles. The first-order chi connectivity index (χ1) is 12.8. The number of nitrogens with one attached hydrogen (secondary N) is 1. The van der Waals surface area contributed by atoms with Crippen molar-refractivity contribution < 1.29 is 14.0 Å². The highest BCUT2D eigenvalue weighted by Gasteiger charge is 2.18. The fourth-order valence-corrected chi connectivity index (χ4v) is 2.71. The Morgan fingerprint density at radius 1 is 1.31 bits per heavy atom. The van der Waals surface area contributed by atoms with Crippen molar-refractivity contribution in [1.82, 2.24) is 25.2 Å². The highest BCUT2D eigenvalue weighted by Crippen LogP contribution is 2.25. The maximum Gasteiger partial charge on any atom is 0.275 e. The van der Waals surface area contributed by atoms with E-state index in [2.05, 4.69) is 20.5 Å². The monoisotopic (exact) mass is 349 g/mol. The zero-order valence-electron chi connectivity index (χ0n) is 13.9. The molecule has 1 N–H and O–H groups in total. The molecule has 0 saturated heterocycles. The van der Waals surface area contributed by atoms with Crippen LogP contribution in [-0.4, -0.2) is 32.8 Å². The van der Waals surface area contributed by atoms with E-state index in [4.69, 9.17) is 9.25 Å². The second kappa shape index (κ2) is 6.77. The van der Waals surface area contributed by atoms with Crippen LogP contribution in [0.3, 0.4) is 0 Å². The van der Waals surface area contributed by atoms with Gasteiger partial charge < -0.3 is 4.42 Å². The molecule has 130 valence electrons. The summed E-state index contributed by atoms with van der Waals surface area (Å²) in [5.74, 6) is 0.370. The molecule has 4 aromatic heterocycles. The zero-order chi connectivity index (χ0) is 17.9. The van der Waals surface area contributed by atoms with Crippen molar-refractivity contribution in [2.24, 2.45) is 0 Å². The molecule has 0 aliphatic heterocycles. The van der Waals surface area contributed by atoms with E-state index < -0.39 is 0 Å². The van der Waals surface area contributed by atoms with Crippen molar-refractivity contribution in [1.29, 1.82) is 0 Å². The summed E-state index contributed by atoms with van der Waals surface area (Å²) in [5, 5.41) is 4.99. The van der Waals surface area contributed by atoms with Crippen molar-refractivity contribution in [3.8, 4) is 11.3 Å². The molecule has 0 radical (unpaired) electrons. The van der Waals surface area contributed by atoms with Gasteiger partial charge in [-0.1, -0.05) is 0 Å². The minimum absolute atomic E-state index is 0.373. The summed E-state index contributed by atoms with van der Waals surface area (Å²) in [6, 6.07) is 9.07. The maximum atomic E-state index is 12.4. The number of hydrogen-bond acceptors (Lipinski definition) is 6. The third kappa shape index (κ3) is 2.93. The number of hydrogen-bond donors (Lipinski definition) is 1. The van der Waals surface area contributed by atoms with Gasteiger partial charge in [0.1, 0.15) is 12.3 Å². The van der Waals surface area contributed by atoms with E-state index in [1.54, 1.807) is 35.6 Å². The molecule has 4 rings (SSSR count). The van der Waals surface area contributed by atoms with Crippen LogP contribution in [0.1, 0.15) is 16.1 Å². The number of pyridine rings is 2. The van der Waals surface area contributed by atoms with E-state index in [0.29, 0.717) is 28.8 Å². The predicted molar refractivity (Wildman–Crippen MR) is 93.0 cm³/mol. The second-order valence-corrected chi connectivity index (χ2v) is 5.55. The van der Waals surface area contributed by atoms with Gasteiger partial charge in [-0.05, 0) is 30.3 Å². The van der Waals surface area contributed by atoms with Gasteiger partial charge in [0.25, 0.3) is 5.91 Å². The van der Waals surface area contributed by atoms with Crippen LogP contribution in [0.25, 0.3) is 22.3 Å². The molecule has 0 atom stereocenters. The molecule has 26 heavy (non-hydrogen) atoms. The molecule has 4 aromatic rings. The van der Waals surface area contributed by atoms with Crippen LogP contribution in [0.5, 0.6) is 0 Å². The number of aromatic nitrogens is 4. The first-order valence-corrected chi connectivity index (χ1v) is 7.89. The van der Waals surface area contributed by atoms with E-state index >= 15 is 0 Å². The summed E-state index contributed by atoms with van der Waals surface area (Å²) < 4.78 is 7.08. The summed E-state index contributed by atoms with van der Waals surface area (Å²) in [7, 11) is 1.39. The molecule has 0 aliphatic carbocycles. The molecule has 0 spiro atoms. The molecule has 0 aliphatic rings. The SMILES string of the molecule is CONC(=O)c1cc(-c2cccnc2)nc2c1cnn2Cc1ccco1. The Morgan fingerprint density at radius 3 is 2.96 bits per heavy atom. The highest BCUT2D eigenvalue weighted by molar-refractivity contribution is 6.06. The molecule has 1 amide bonds. The Labute approximate surface area is 148 Å². The summed E-state index contributed by atoms with van der Waals surface area (Å²) in [5.41, 5.74) is 4.76. The summed E-state index contributed by atoms with van der Waals surface area (Å²) in [6.45, 7) is 0.408. The van der Waals surface area contributed by atoms with E-state index in [9.17, 15) is 4.79 Å². The van der Waals surface area contributed by atoms with Gasteiger partial charge in [-0.25, -0.2) is 15.1 Å². The van der Waals surface area contributed by atoms with E-state index in [1.807, 2.05) is 24.3 Å². The fourth-order valence-electron chi connectivity index (χ4n) is 2.71. The van der Waals surface area contributed by atoms with Crippen LogP contribution >= 0.6 is 0 Å². The van der Waals surface area contributed by atoms with Gasteiger partial charge in [0, 0.05) is 18.0 Å². The Morgan fingerprint density at radius 2 is 2.23 bits per heavy atom. The van der Waals surface area contributed by atoms with E-state index in [-0.39, 0.29) is 5.91 Å². The number of carbonyl (C=O) groups is 1. The minimum atomic E-state index is -0.373. The Bertz CT molecular complexity index is 1040. The number of amides is 1. The average Bonchev–Trinajstić information content (AvgIpc) is 3.32. The number of hydroxylamine groups is 1. The average molecular weight is 349 g/mol. The quantitative estimate of drug-likeness (QED) is 0.556. The summed E-state index contributed by atoms with van der Waals surface area (Å²) in [4.78, 5) is 26.0. The van der Waals surface area contributed by atoms with E-state index in [1.165, 1.54) is 7.11 Å². The largest absolute Gasteiger partial charge is 0.467 e.